The first-order valence-corrected chi connectivity index (χ1v) is 42.6. The Morgan fingerprint density at radius 3 is 1.45 bits per heavy atom. The number of aliphatic hydroxyl groups is 1. The van der Waals surface area contributed by atoms with E-state index < -0.39 is 31.0 Å². The minimum Gasteiger partial charge on any atom is -0.870 e. The molecule has 3 saturated heterocycles. The van der Waals surface area contributed by atoms with E-state index in [4.69, 9.17) is 101 Å². The van der Waals surface area contributed by atoms with Gasteiger partial charge >= 0.3 is 36.8 Å². The zero-order valence-electron chi connectivity index (χ0n) is 68.9. The van der Waals surface area contributed by atoms with Gasteiger partial charge in [0.25, 0.3) is 25.0 Å². The number of carbonyl (C=O) groups is 4. The molecule has 3 aliphatic rings. The number of aromatic carboxylic acids is 1. The predicted molar refractivity (Wildman–Crippen MR) is 471 cm³/mol. The van der Waals surface area contributed by atoms with Crippen molar-refractivity contribution >= 4 is 135 Å². The van der Waals surface area contributed by atoms with Crippen molar-refractivity contribution in [3.05, 3.63) is 254 Å². The number of benzene rings is 6. The van der Waals surface area contributed by atoms with Crippen LogP contribution in [0.1, 0.15) is 84.8 Å². The van der Waals surface area contributed by atoms with E-state index in [2.05, 4.69) is 68.1 Å². The Kier molecular flexibility index (Phi) is 44.2. The summed E-state index contributed by atoms with van der Waals surface area (Å²) < 4.78 is 90.4. The van der Waals surface area contributed by atoms with Crippen LogP contribution in [-0.2, 0) is 53.0 Å². The monoisotopic (exact) mass is 1820 g/mol. The number of methoxy groups -OCH3 is 6. The smallest absolute Gasteiger partial charge is 0.870 e. The average molecular weight is 1830 g/mol. The van der Waals surface area contributed by atoms with Crippen LogP contribution >= 0.6 is 57.1 Å². The maximum atomic E-state index is 13.0. The number of piperazine rings is 2. The number of hydrogen-bond acceptors (Lipinski definition) is 28. The number of carboxylic acids is 1. The van der Waals surface area contributed by atoms with Crippen molar-refractivity contribution < 1.29 is 108 Å². The fourth-order valence-corrected chi connectivity index (χ4v) is 14.6. The minimum absolute atomic E-state index is 0. The summed E-state index contributed by atoms with van der Waals surface area (Å²) in [6.07, 6.45) is 8.60. The fourth-order valence-electron chi connectivity index (χ4n) is 11.5. The number of aliphatic hydroxyl groups excluding tert-OH is 1. The summed E-state index contributed by atoms with van der Waals surface area (Å²) in [5.41, 5.74) is 11.7. The van der Waals surface area contributed by atoms with E-state index in [1.165, 1.54) is 113 Å². The number of pyridine rings is 4. The van der Waals surface area contributed by atoms with Crippen molar-refractivity contribution in [2.45, 2.75) is 62.3 Å². The van der Waals surface area contributed by atoms with Gasteiger partial charge < -0.3 is 90.0 Å². The number of para-hydroxylation sites is 3. The van der Waals surface area contributed by atoms with Crippen LogP contribution in [0.25, 0.3) is 0 Å². The topological polar surface area (TPSA) is 416 Å². The Morgan fingerprint density at radius 2 is 0.992 bits per heavy atom. The predicted octanol–water partition coefficient (Wildman–Crippen LogP) is 11.4. The number of sulfonamides is 1. The summed E-state index contributed by atoms with van der Waals surface area (Å²) in [7, 11) is 6.23. The van der Waals surface area contributed by atoms with Gasteiger partial charge in [0.1, 0.15) is 61.8 Å². The fraction of sp³-hybridized carbons (Fsp3) is 0.286. The molecule has 10 aromatic rings. The number of rotatable bonds is 23. The number of carboxylic acid groups (broad SMARTS) is 1. The summed E-state index contributed by atoms with van der Waals surface area (Å²) in [5, 5.41) is 29.4. The summed E-state index contributed by atoms with van der Waals surface area (Å²) in [6.45, 7) is 12.8. The molecule has 3 fully saturated rings. The van der Waals surface area contributed by atoms with Crippen molar-refractivity contribution in [1.82, 2.24) is 30.2 Å². The molecule has 4 aromatic heterocycles. The van der Waals surface area contributed by atoms with Crippen molar-refractivity contribution in [2.24, 2.45) is 0 Å². The van der Waals surface area contributed by atoms with Gasteiger partial charge in [-0.05, 0) is 166 Å². The van der Waals surface area contributed by atoms with E-state index in [0.29, 0.717) is 101 Å². The molecule has 0 saturated carbocycles. The van der Waals surface area contributed by atoms with Gasteiger partial charge in [0, 0.05) is 150 Å². The largest absolute Gasteiger partial charge is 1.00 e. The van der Waals surface area contributed by atoms with Gasteiger partial charge in [0.15, 0.2) is 0 Å². The van der Waals surface area contributed by atoms with Gasteiger partial charge in [-0.2, -0.15) is 0 Å². The van der Waals surface area contributed by atoms with Crippen LogP contribution in [-0.4, -0.2) is 196 Å². The molecule has 1 amide bonds. The molecule has 7 heterocycles. The van der Waals surface area contributed by atoms with Crippen LogP contribution in [0.2, 0.25) is 20.1 Å². The van der Waals surface area contributed by atoms with Crippen LogP contribution in [0, 0.1) is 0 Å². The second-order valence-corrected chi connectivity index (χ2v) is 31.8. The Hall–Kier alpha value is -10.6. The number of nitrogens with zero attached hydrogens (tertiary/aromatic N) is 7. The van der Waals surface area contributed by atoms with Gasteiger partial charge in [0.05, 0.1) is 89.9 Å². The summed E-state index contributed by atoms with van der Waals surface area (Å²) in [4.78, 5) is 68.2. The summed E-state index contributed by atoms with van der Waals surface area (Å²) in [5.74, 6) is 2.35. The molecule has 6 aromatic carbocycles. The normalized spacial score (nSPS) is 13.1. The van der Waals surface area contributed by atoms with Crippen molar-refractivity contribution in [3.8, 4) is 28.7 Å². The number of nitrogens with two attached hydrogens (primary N) is 1. The number of ether oxygens (including phenoxy) is 8. The molecule has 0 spiro atoms. The molecule has 1 atom stereocenters. The number of amides is 1. The summed E-state index contributed by atoms with van der Waals surface area (Å²) >= 11 is 23.5. The van der Waals surface area contributed by atoms with Crippen molar-refractivity contribution in [2.75, 3.05) is 139 Å². The molecule has 0 aliphatic carbocycles. The third-order valence-corrected chi connectivity index (χ3v) is 21.4. The van der Waals surface area contributed by atoms with Gasteiger partial charge in [-0.1, -0.05) is 76.7 Å². The Morgan fingerprint density at radius 1 is 0.537 bits per heavy atom. The Labute approximate surface area is 751 Å². The van der Waals surface area contributed by atoms with E-state index >= 15 is 0 Å². The minimum atomic E-state index is -4.00. The molecule has 0 bridgehead atoms. The van der Waals surface area contributed by atoms with Crippen LogP contribution in [0.15, 0.2) is 204 Å². The van der Waals surface area contributed by atoms with E-state index in [-0.39, 0.29) is 80.5 Å². The van der Waals surface area contributed by atoms with E-state index in [1.807, 2.05) is 54.6 Å². The molecule has 1 unspecified atom stereocenters. The Bertz CT molecular complexity index is 5230. The molecular formula is C84H96Cl5LiN12O19S2. The van der Waals surface area contributed by atoms with Gasteiger partial charge in [-0.15, -0.1) is 0 Å². The standard InChI is InChI=1S/C24H25ClN4O5S.C16H17ClN2O3.C14H13ClN2O3.C11H16N2O.C7H6Cl2O3S.C7H8N2O2.C5H10O.Li.H2O/c1-33-20-6-4-3-5-19(20)28-11-13-29(14-12-28)24(30)17-7-10-23(26-16-17)27-35(31,32)22-15-18(25)8-9-21(22)34-2;1-3-22-16(20)11-4-7-15(18-9-11)19-10-12-8-13(17)5-6-14(12)21-2;1-20-12-4-3-11(15)6-10(12)8-17-13-5-2-9(7-16-13)14(18)19;14-9-10-3-1-2-4-11(10)13-7-5-12-6-8-13;1-12-6-3-2-5(8)4-7(6)13(9,10)11;1-11-7(10)5-2-3-6(8)9-4-5;1-5-3-2-4-6-5;;/h3-10,15-16H,11-14H2,1-2H3,(H,26,27);4-9H,3,10H2,1-2H3,(H,18,19);2-7H,8H2,1H3,(H,16,17)(H,18,19);1-4,12,14H,5-9H2;2-4H,1H3;2-4H,1H3,(H2,8,9);5H,2-4H2,1H3;;1H2/q;;;;;;;+1;/p-1. The Balaban J connectivity index is 0.000000269. The third-order valence-electron chi connectivity index (χ3n) is 17.7. The van der Waals surface area contributed by atoms with E-state index in [0.717, 1.165) is 72.4 Å². The van der Waals surface area contributed by atoms with E-state index in [1.54, 1.807) is 93.8 Å². The molecule has 3 aliphatic heterocycles. The molecule has 31 nitrogen and oxygen atoms in total. The second kappa shape index (κ2) is 52.8. The first-order chi connectivity index (χ1) is 58.0. The van der Waals surface area contributed by atoms with Crippen LogP contribution in [0.4, 0.5) is 34.6 Å². The number of aromatic nitrogens is 4. The number of halogens is 5. The maximum Gasteiger partial charge on any atom is 1.00 e. The third kappa shape index (κ3) is 33.2. The number of nitrogen functional groups attached to an aromatic ring is 1. The van der Waals surface area contributed by atoms with Crippen LogP contribution in [0.3, 0.4) is 0 Å². The number of anilines is 6. The first-order valence-electron chi connectivity index (χ1n) is 37.3. The van der Waals surface area contributed by atoms with Gasteiger partial charge in [-0.3, -0.25) is 9.52 Å². The SMILES string of the molecule is CC1CCCO1.CCOC(=O)c1ccc(NCc2cc(Cl)ccc2OC)nc1.COC(=O)c1ccc(N)nc1.COc1ccc(Cl)cc1CNc1ccc(C(=O)O)cn1.COc1ccc(Cl)cc1S(=O)(=O)Cl.COc1ccccc1N1CCN(C(=O)c2ccc(NS(=O)(=O)c3cc(Cl)ccc3OC)nc2)CC1.OCc1ccccc1N1CCNCC1.[Li+].[OH-]. The average Bonchev–Trinajstić information content (AvgIpc) is 0.993. The molecule has 9 N–H and O–H groups in total. The first kappa shape index (κ1) is 103. The zero-order valence-corrected chi connectivity index (χ0v) is 74.4. The number of hydrogen-bond donors (Lipinski definition) is 7. The molecule has 654 valence electrons. The summed E-state index contributed by atoms with van der Waals surface area (Å²) in [6, 6.07) is 47.7. The molecule has 0 radical (unpaired) electrons. The number of nitrogens with one attached hydrogen (secondary N) is 4. The number of esters is 2. The van der Waals surface area contributed by atoms with Crippen LogP contribution < -0.4 is 78.8 Å². The maximum absolute atomic E-state index is 13.0. The van der Waals surface area contributed by atoms with Gasteiger partial charge in [-0.25, -0.2) is 51.2 Å². The van der Waals surface area contributed by atoms with Crippen molar-refractivity contribution in [1.29, 1.82) is 0 Å². The second-order valence-electron chi connectivity index (χ2n) is 25.8. The molecule has 39 heteroatoms. The molecule has 123 heavy (non-hydrogen) atoms. The molecular weight excluding hydrogens is 1730 g/mol. The number of carbonyl (C=O) groups excluding carboxylic acids is 3. The van der Waals surface area contributed by atoms with E-state index in [9.17, 15) is 41.1 Å². The zero-order chi connectivity index (χ0) is 88.0. The molecule has 13 rings (SSSR count). The van der Waals surface area contributed by atoms with Crippen LogP contribution in [0.5, 0.6) is 28.7 Å². The van der Waals surface area contributed by atoms with Crippen molar-refractivity contribution in [3.63, 3.8) is 0 Å². The van der Waals surface area contributed by atoms with Gasteiger partial charge in [0.2, 0.25) is 0 Å². The quantitative estimate of drug-likeness (QED) is 0.0178.